The van der Waals surface area contributed by atoms with Crippen LogP contribution in [0, 0.1) is 47.3 Å². The molecule has 2 bridgehead atoms. The van der Waals surface area contributed by atoms with Gasteiger partial charge in [0, 0.05) is 0 Å². The molecule has 2 saturated carbocycles. The number of nitrogens with one attached hydrogen (secondary N) is 1. The minimum absolute atomic E-state index is 0.159. The molecule has 0 radical (unpaired) electrons. The molecule has 5 aliphatic rings. The summed E-state index contributed by atoms with van der Waals surface area (Å²) in [6.07, 6.45) is 3.80. The highest BCUT2D eigenvalue weighted by Crippen LogP contribution is 2.65. The van der Waals surface area contributed by atoms with Crippen LogP contribution in [0.5, 0.6) is 0 Å². The maximum atomic E-state index is 12.0. The largest absolute Gasteiger partial charge is 0.369 e. The molecule has 7 heteroatoms. The molecule has 1 heterocycles. The van der Waals surface area contributed by atoms with Crippen molar-refractivity contribution in [1.82, 2.24) is 5.32 Å². The lowest BCUT2D eigenvalue weighted by molar-refractivity contribution is -0.177. The first kappa shape index (κ1) is 12.6. The van der Waals surface area contributed by atoms with Gasteiger partial charge in [-0.2, -0.15) is 0 Å². The summed E-state index contributed by atoms with van der Waals surface area (Å²) in [7, 11) is 0. The van der Waals surface area contributed by atoms with Gasteiger partial charge < -0.3 is 11.5 Å². The van der Waals surface area contributed by atoms with E-state index in [0.717, 1.165) is 0 Å². The average molecular weight is 289 g/mol. The normalized spacial score (nSPS) is 49.1. The molecule has 0 aromatic rings. The highest BCUT2D eigenvalue weighted by atomic mass is 16.2. The zero-order chi connectivity index (χ0) is 15.0. The van der Waals surface area contributed by atoms with Crippen molar-refractivity contribution in [3.63, 3.8) is 0 Å². The Morgan fingerprint density at radius 1 is 0.857 bits per heavy atom. The number of imide groups is 1. The summed E-state index contributed by atoms with van der Waals surface area (Å²) in [6, 6.07) is 0. The Bertz CT molecular complexity index is 576. The summed E-state index contributed by atoms with van der Waals surface area (Å²) in [5, 5.41) is 2.37. The van der Waals surface area contributed by atoms with Crippen LogP contribution in [0.1, 0.15) is 0 Å². The van der Waals surface area contributed by atoms with E-state index in [1.807, 2.05) is 12.2 Å². The summed E-state index contributed by atoms with van der Waals surface area (Å²) in [5.74, 6) is -4.57. The summed E-state index contributed by atoms with van der Waals surface area (Å²) < 4.78 is 0. The first-order chi connectivity index (χ1) is 9.93. The van der Waals surface area contributed by atoms with Crippen LogP contribution in [0.4, 0.5) is 0 Å². The van der Waals surface area contributed by atoms with Gasteiger partial charge in [-0.05, 0) is 23.7 Å². The van der Waals surface area contributed by atoms with E-state index in [9.17, 15) is 19.2 Å². The van der Waals surface area contributed by atoms with E-state index in [1.54, 1.807) is 0 Å². The molecule has 1 aliphatic heterocycles. The minimum atomic E-state index is -0.630. The number of rotatable bonds is 2. The quantitative estimate of drug-likeness (QED) is 0.406. The van der Waals surface area contributed by atoms with Crippen LogP contribution in [0.25, 0.3) is 0 Å². The third-order valence-corrected chi connectivity index (χ3v) is 5.83. The molecule has 8 atom stereocenters. The fourth-order valence-electron chi connectivity index (χ4n) is 5.21. The van der Waals surface area contributed by atoms with Crippen molar-refractivity contribution in [3.05, 3.63) is 12.2 Å². The van der Waals surface area contributed by atoms with Gasteiger partial charge >= 0.3 is 0 Å². The molecule has 5 N–H and O–H groups in total. The van der Waals surface area contributed by atoms with Gasteiger partial charge in [-0.3, -0.25) is 24.5 Å². The fraction of sp³-hybridized carbons (Fsp3) is 0.571. The summed E-state index contributed by atoms with van der Waals surface area (Å²) in [5.41, 5.74) is 10.9. The van der Waals surface area contributed by atoms with Crippen LogP contribution < -0.4 is 16.8 Å². The van der Waals surface area contributed by atoms with Gasteiger partial charge in [-0.15, -0.1) is 0 Å². The van der Waals surface area contributed by atoms with Gasteiger partial charge in [0.05, 0.1) is 23.7 Å². The molecule has 8 unspecified atom stereocenters. The summed E-state index contributed by atoms with van der Waals surface area (Å²) >= 11 is 0. The molecule has 4 amide bonds. The van der Waals surface area contributed by atoms with E-state index in [-0.39, 0.29) is 35.5 Å². The molecular formula is C14H15N3O4. The van der Waals surface area contributed by atoms with E-state index in [4.69, 9.17) is 11.5 Å². The predicted octanol–water partition coefficient (Wildman–Crippen LogP) is -1.86. The summed E-state index contributed by atoms with van der Waals surface area (Å²) in [6.45, 7) is 0. The van der Waals surface area contributed by atoms with E-state index in [1.165, 1.54) is 0 Å². The second kappa shape index (κ2) is 3.72. The Labute approximate surface area is 120 Å². The lowest BCUT2D eigenvalue weighted by atomic mass is 9.39. The molecule has 7 nitrogen and oxygen atoms in total. The first-order valence-electron chi connectivity index (χ1n) is 7.05. The zero-order valence-electron chi connectivity index (χ0n) is 11.1. The van der Waals surface area contributed by atoms with E-state index in [2.05, 4.69) is 5.32 Å². The maximum absolute atomic E-state index is 12.0. The number of nitrogens with two attached hydrogens (primary N) is 2. The molecule has 1 saturated heterocycles. The predicted molar refractivity (Wildman–Crippen MR) is 68.6 cm³/mol. The molecule has 0 aromatic carbocycles. The molecule has 0 spiro atoms. The van der Waals surface area contributed by atoms with Crippen molar-refractivity contribution in [2.45, 2.75) is 0 Å². The highest BCUT2D eigenvalue weighted by Gasteiger charge is 2.70. The van der Waals surface area contributed by atoms with Crippen molar-refractivity contribution >= 4 is 23.6 Å². The Morgan fingerprint density at radius 3 is 1.57 bits per heavy atom. The van der Waals surface area contributed by atoms with Crippen LogP contribution in [0.15, 0.2) is 12.2 Å². The second-order valence-electron chi connectivity index (χ2n) is 6.46. The smallest absolute Gasteiger partial charge is 0.231 e. The number of allylic oxidation sites excluding steroid dienone is 2. The van der Waals surface area contributed by atoms with Gasteiger partial charge in [-0.1, -0.05) is 12.2 Å². The van der Waals surface area contributed by atoms with Crippen LogP contribution >= 0.6 is 0 Å². The molecule has 4 aliphatic carbocycles. The minimum Gasteiger partial charge on any atom is -0.369 e. The number of primary amides is 2. The molecule has 5 rings (SSSR count). The van der Waals surface area contributed by atoms with E-state index in [0.29, 0.717) is 0 Å². The van der Waals surface area contributed by atoms with Crippen LogP contribution in [0.3, 0.4) is 0 Å². The van der Waals surface area contributed by atoms with Crippen molar-refractivity contribution in [1.29, 1.82) is 0 Å². The Hall–Kier alpha value is -2.18. The fourth-order valence-corrected chi connectivity index (χ4v) is 5.21. The van der Waals surface area contributed by atoms with Gasteiger partial charge in [-0.25, -0.2) is 0 Å². The Morgan fingerprint density at radius 2 is 1.24 bits per heavy atom. The zero-order valence-corrected chi connectivity index (χ0v) is 11.1. The topological polar surface area (TPSA) is 132 Å². The van der Waals surface area contributed by atoms with Crippen molar-refractivity contribution in [3.8, 4) is 0 Å². The van der Waals surface area contributed by atoms with Crippen LogP contribution in [0.2, 0.25) is 0 Å². The Kier molecular flexibility index (Phi) is 2.22. The third-order valence-electron chi connectivity index (χ3n) is 5.83. The van der Waals surface area contributed by atoms with Gasteiger partial charge in [0.15, 0.2) is 0 Å². The molecular weight excluding hydrogens is 274 g/mol. The lowest BCUT2D eigenvalue weighted by Gasteiger charge is -2.62. The first-order valence-corrected chi connectivity index (χ1v) is 7.05. The Balaban J connectivity index is 1.79. The number of hydrogen-bond donors (Lipinski definition) is 3. The van der Waals surface area contributed by atoms with Crippen LogP contribution in [-0.2, 0) is 19.2 Å². The highest BCUT2D eigenvalue weighted by molar-refractivity contribution is 6.06. The third kappa shape index (κ3) is 1.29. The molecule has 0 aromatic heterocycles. The standard InChI is InChI=1S/C14H15N3O4/c15-11(18)9-5-3-1-2-4(6(5)10(9)12(16)19)8-7(3)13(20)17-14(8)21/h1-10H,(H2,15,18)(H2,16,19)(H,17,20,21). The number of amides is 4. The van der Waals surface area contributed by atoms with Gasteiger partial charge in [0.1, 0.15) is 0 Å². The van der Waals surface area contributed by atoms with Crippen molar-refractivity contribution < 1.29 is 19.2 Å². The molecule has 3 fully saturated rings. The number of hydrogen-bond acceptors (Lipinski definition) is 4. The van der Waals surface area contributed by atoms with E-state index < -0.39 is 35.5 Å². The van der Waals surface area contributed by atoms with Crippen LogP contribution in [-0.4, -0.2) is 23.6 Å². The van der Waals surface area contributed by atoms with Crippen molar-refractivity contribution in [2.24, 2.45) is 58.8 Å². The number of carbonyl (C=O) groups excluding carboxylic acids is 4. The number of carbonyl (C=O) groups is 4. The SMILES string of the molecule is NC(=O)C1C(C(N)=O)C2C3C=CC(C4C(=O)NC(=O)C34)C12. The summed E-state index contributed by atoms with van der Waals surface area (Å²) in [4.78, 5) is 47.4. The molecule has 110 valence electrons. The van der Waals surface area contributed by atoms with Crippen molar-refractivity contribution in [2.75, 3.05) is 0 Å². The monoisotopic (exact) mass is 289 g/mol. The molecule has 21 heavy (non-hydrogen) atoms. The maximum Gasteiger partial charge on any atom is 0.231 e. The second-order valence-corrected chi connectivity index (χ2v) is 6.46. The average Bonchev–Trinajstić information content (AvgIpc) is 2.65. The van der Waals surface area contributed by atoms with Gasteiger partial charge in [0.25, 0.3) is 0 Å². The van der Waals surface area contributed by atoms with Gasteiger partial charge in [0.2, 0.25) is 23.6 Å². The lowest BCUT2D eigenvalue weighted by Crippen LogP contribution is -2.67. The van der Waals surface area contributed by atoms with E-state index >= 15 is 0 Å².